The Kier molecular flexibility index (Phi) is 56.3. The minimum Gasteiger partial charge on any atom is -0.756 e. The molecule has 2 unspecified atom stereocenters. The standard InChI is InChI=1S/C68H120NO8P/c1-6-8-10-12-14-16-18-20-22-24-26-28-30-32-34-36-38-40-42-44-46-48-50-52-54-56-58-60-67(70)74-64-66(65-76-78(72,73)75-63-62-69(3,4)5)77-68(71)61-59-57-55-53-51-49-47-45-43-41-39-37-35-33-31-29-27-25-23-21-19-17-15-13-11-9-7-2/h9,11,15,17-18,20-21,23-24,26-27,29-30,32-33,35,66H,6-8,10,12-14,16,19,22,25,28,31,34,36-65H2,1-5H3/b11-9-,17-15-,20-18-,23-21-,26-24-,29-27-,32-30-,35-33-. The molecule has 78 heavy (non-hydrogen) atoms. The molecule has 0 fully saturated rings. The number of phosphoric ester groups is 1. The van der Waals surface area contributed by atoms with Crippen LogP contribution in [-0.2, 0) is 32.7 Å². The van der Waals surface area contributed by atoms with Gasteiger partial charge in [0, 0.05) is 12.8 Å². The molecular formula is C68H120NO8P. The number of hydrogen-bond acceptors (Lipinski definition) is 8. The van der Waals surface area contributed by atoms with Gasteiger partial charge in [-0.3, -0.25) is 14.2 Å². The predicted molar refractivity (Wildman–Crippen MR) is 332 cm³/mol. The fraction of sp³-hybridized carbons (Fsp3) is 0.735. The van der Waals surface area contributed by atoms with Gasteiger partial charge in [0.1, 0.15) is 19.8 Å². The van der Waals surface area contributed by atoms with E-state index in [9.17, 15) is 19.0 Å². The number of carbonyl (C=O) groups excluding carboxylic acids is 2. The summed E-state index contributed by atoms with van der Waals surface area (Å²) in [6, 6.07) is 0. The summed E-state index contributed by atoms with van der Waals surface area (Å²) in [5.74, 6) is -0.837. The maximum absolute atomic E-state index is 12.8. The highest BCUT2D eigenvalue weighted by Gasteiger charge is 2.22. The Bertz CT molecular complexity index is 1640. The van der Waals surface area contributed by atoms with Gasteiger partial charge in [-0.1, -0.05) is 259 Å². The second-order valence-corrected chi connectivity index (χ2v) is 23.8. The molecule has 0 rings (SSSR count). The molecule has 10 heteroatoms. The number of esters is 2. The predicted octanol–water partition coefficient (Wildman–Crippen LogP) is 19.7. The highest BCUT2D eigenvalue weighted by molar-refractivity contribution is 7.45. The number of likely N-dealkylation sites (N-methyl/N-ethyl adjacent to an activating group) is 1. The Morgan fingerprint density at radius 1 is 0.410 bits per heavy atom. The van der Waals surface area contributed by atoms with Crippen LogP contribution in [0.1, 0.15) is 271 Å². The lowest BCUT2D eigenvalue weighted by Crippen LogP contribution is -2.37. The zero-order valence-electron chi connectivity index (χ0n) is 51.1. The van der Waals surface area contributed by atoms with Crippen LogP contribution in [0.25, 0.3) is 0 Å². The number of phosphoric acid groups is 1. The number of nitrogens with zero attached hydrogens (tertiary/aromatic N) is 1. The SMILES string of the molecule is CC/C=C\C/C=C\C/C=C\C/C=C\C/C=C\CCCCCCCCCCCCCC(=O)OC(COC(=O)CCCCCCCCCCCCCC/C=C\C/C=C\C/C=C\CCCCCCC)COP(=O)([O-])OCC[N+](C)(C)C. The number of unbranched alkanes of at least 4 members (excludes halogenated alkanes) is 28. The number of ether oxygens (including phenoxy) is 2. The molecule has 0 saturated carbocycles. The third kappa shape index (κ3) is 62.1. The van der Waals surface area contributed by atoms with Crippen molar-refractivity contribution >= 4 is 19.8 Å². The first-order valence-electron chi connectivity index (χ1n) is 31.9. The molecule has 2 atom stereocenters. The van der Waals surface area contributed by atoms with E-state index in [2.05, 4.69) is 111 Å². The van der Waals surface area contributed by atoms with Crippen LogP contribution in [0.15, 0.2) is 97.2 Å². The Labute approximate surface area is 481 Å². The Morgan fingerprint density at radius 3 is 1.09 bits per heavy atom. The van der Waals surface area contributed by atoms with E-state index >= 15 is 0 Å². The van der Waals surface area contributed by atoms with Gasteiger partial charge >= 0.3 is 11.9 Å². The zero-order valence-corrected chi connectivity index (χ0v) is 52.0. The van der Waals surface area contributed by atoms with Crippen molar-refractivity contribution in [1.29, 1.82) is 0 Å². The fourth-order valence-corrected chi connectivity index (χ4v) is 9.42. The van der Waals surface area contributed by atoms with E-state index < -0.39 is 26.5 Å². The van der Waals surface area contributed by atoms with Crippen LogP contribution < -0.4 is 4.89 Å². The molecule has 0 aromatic carbocycles. The van der Waals surface area contributed by atoms with E-state index in [-0.39, 0.29) is 32.0 Å². The van der Waals surface area contributed by atoms with Crippen molar-refractivity contribution in [2.75, 3.05) is 47.5 Å². The average Bonchev–Trinajstić information content (AvgIpc) is 3.41. The van der Waals surface area contributed by atoms with Crippen LogP contribution in [0.2, 0.25) is 0 Å². The Morgan fingerprint density at radius 2 is 0.731 bits per heavy atom. The number of carbonyl (C=O) groups is 2. The van der Waals surface area contributed by atoms with Crippen LogP contribution >= 0.6 is 7.82 Å². The van der Waals surface area contributed by atoms with E-state index in [0.29, 0.717) is 17.4 Å². The van der Waals surface area contributed by atoms with Gasteiger partial charge in [0.05, 0.1) is 27.7 Å². The van der Waals surface area contributed by atoms with Gasteiger partial charge in [0.25, 0.3) is 7.82 Å². The van der Waals surface area contributed by atoms with E-state index in [1.54, 1.807) is 0 Å². The average molecular weight is 1110 g/mol. The van der Waals surface area contributed by atoms with E-state index in [0.717, 1.165) is 89.9 Å². The second-order valence-electron chi connectivity index (χ2n) is 22.4. The van der Waals surface area contributed by atoms with Gasteiger partial charge in [-0.05, 0) is 96.3 Å². The van der Waals surface area contributed by atoms with Crippen molar-refractivity contribution in [2.45, 2.75) is 277 Å². The first-order valence-corrected chi connectivity index (χ1v) is 33.4. The number of rotatable bonds is 58. The molecule has 0 spiro atoms. The summed E-state index contributed by atoms with van der Waals surface area (Å²) in [5.41, 5.74) is 0. The van der Waals surface area contributed by atoms with Crippen molar-refractivity contribution in [3.63, 3.8) is 0 Å². The highest BCUT2D eigenvalue weighted by atomic mass is 31.2. The van der Waals surface area contributed by atoms with Crippen LogP contribution in [-0.4, -0.2) is 70.0 Å². The van der Waals surface area contributed by atoms with Gasteiger partial charge in [-0.15, -0.1) is 0 Å². The summed E-state index contributed by atoms with van der Waals surface area (Å²) in [6.45, 7) is 4.12. The van der Waals surface area contributed by atoms with Crippen molar-refractivity contribution < 1.29 is 42.1 Å². The fourth-order valence-electron chi connectivity index (χ4n) is 8.69. The molecule has 0 amide bonds. The van der Waals surface area contributed by atoms with Crippen LogP contribution in [0.5, 0.6) is 0 Å². The monoisotopic (exact) mass is 1110 g/mol. The van der Waals surface area contributed by atoms with Gasteiger partial charge in [-0.25, -0.2) is 0 Å². The molecule has 0 radical (unpaired) electrons. The molecule has 0 bridgehead atoms. The molecule has 450 valence electrons. The molecule has 0 aromatic rings. The normalized spacial score (nSPS) is 13.9. The smallest absolute Gasteiger partial charge is 0.306 e. The van der Waals surface area contributed by atoms with E-state index in [1.165, 1.54) is 148 Å². The lowest BCUT2D eigenvalue weighted by molar-refractivity contribution is -0.870. The van der Waals surface area contributed by atoms with Gasteiger partial charge in [0.15, 0.2) is 6.10 Å². The first kappa shape index (κ1) is 74.9. The maximum Gasteiger partial charge on any atom is 0.306 e. The van der Waals surface area contributed by atoms with Crippen molar-refractivity contribution in [3.8, 4) is 0 Å². The summed E-state index contributed by atoms with van der Waals surface area (Å²) >= 11 is 0. The summed E-state index contributed by atoms with van der Waals surface area (Å²) < 4.78 is 34.3. The number of hydrogen-bond donors (Lipinski definition) is 0. The third-order valence-corrected chi connectivity index (χ3v) is 14.6. The van der Waals surface area contributed by atoms with Gasteiger partial charge < -0.3 is 27.9 Å². The molecule has 0 aliphatic carbocycles. The summed E-state index contributed by atoms with van der Waals surface area (Å²) in [5, 5.41) is 0. The third-order valence-electron chi connectivity index (χ3n) is 13.6. The highest BCUT2D eigenvalue weighted by Crippen LogP contribution is 2.38. The van der Waals surface area contributed by atoms with Gasteiger partial charge in [-0.2, -0.15) is 0 Å². The maximum atomic E-state index is 12.8. The lowest BCUT2D eigenvalue weighted by Gasteiger charge is -2.28. The molecule has 0 aliphatic rings. The van der Waals surface area contributed by atoms with E-state index in [4.69, 9.17) is 18.5 Å². The van der Waals surface area contributed by atoms with E-state index in [1.807, 2.05) is 21.1 Å². The van der Waals surface area contributed by atoms with Gasteiger partial charge in [0.2, 0.25) is 0 Å². The zero-order chi connectivity index (χ0) is 57.0. The first-order chi connectivity index (χ1) is 38.0. The van der Waals surface area contributed by atoms with Crippen LogP contribution in [0.3, 0.4) is 0 Å². The molecule has 0 aliphatic heterocycles. The number of allylic oxidation sites excluding steroid dienone is 16. The van der Waals surface area contributed by atoms with Crippen molar-refractivity contribution in [2.24, 2.45) is 0 Å². The quantitative estimate of drug-likeness (QED) is 0.0195. The molecular weight excluding hydrogens is 990 g/mol. The summed E-state index contributed by atoms with van der Waals surface area (Å²) in [6.07, 6.45) is 80.3. The summed E-state index contributed by atoms with van der Waals surface area (Å²) in [4.78, 5) is 38.0. The molecule has 9 nitrogen and oxygen atoms in total. The molecule has 0 saturated heterocycles. The number of quaternary nitrogens is 1. The minimum atomic E-state index is -4.65. The van der Waals surface area contributed by atoms with Crippen molar-refractivity contribution in [3.05, 3.63) is 97.2 Å². The Hall–Kier alpha value is -3.07. The molecule has 0 N–H and O–H groups in total. The lowest BCUT2D eigenvalue weighted by atomic mass is 10.0. The summed E-state index contributed by atoms with van der Waals surface area (Å²) in [7, 11) is 1.16. The Balaban J connectivity index is 4.13. The largest absolute Gasteiger partial charge is 0.756 e. The second kappa shape index (κ2) is 58.6. The molecule has 0 aromatic heterocycles. The van der Waals surface area contributed by atoms with Crippen molar-refractivity contribution in [1.82, 2.24) is 0 Å². The minimum absolute atomic E-state index is 0.0355. The topological polar surface area (TPSA) is 111 Å². The van der Waals surface area contributed by atoms with Crippen LogP contribution in [0, 0.1) is 0 Å². The molecule has 0 heterocycles. The van der Waals surface area contributed by atoms with Crippen LogP contribution in [0.4, 0.5) is 0 Å².